The summed E-state index contributed by atoms with van der Waals surface area (Å²) in [5, 5.41) is 3.09. The second-order valence-corrected chi connectivity index (χ2v) is 7.65. The van der Waals surface area contributed by atoms with Gasteiger partial charge in [0.1, 0.15) is 4.90 Å². The molecule has 1 aliphatic carbocycles. The van der Waals surface area contributed by atoms with Gasteiger partial charge in [-0.05, 0) is 30.3 Å². The van der Waals surface area contributed by atoms with Crippen molar-refractivity contribution in [2.24, 2.45) is 0 Å². The maximum absolute atomic E-state index is 13.2. The van der Waals surface area contributed by atoms with E-state index in [0.29, 0.717) is 11.4 Å². The SMILES string of the molecule is Nc1ccc(Nc2ccccc2)c2c1C(=O)c1c(cccc1S(=O)(=O)O)C2=O. The van der Waals surface area contributed by atoms with E-state index in [-0.39, 0.29) is 27.9 Å². The average Bonchev–Trinajstić information content (AvgIpc) is 2.67. The lowest BCUT2D eigenvalue weighted by Crippen LogP contribution is -2.25. The first-order valence-corrected chi connectivity index (χ1v) is 9.67. The van der Waals surface area contributed by atoms with Gasteiger partial charge >= 0.3 is 0 Å². The van der Waals surface area contributed by atoms with E-state index in [0.717, 1.165) is 6.07 Å². The maximum atomic E-state index is 13.2. The molecule has 140 valence electrons. The summed E-state index contributed by atoms with van der Waals surface area (Å²) >= 11 is 0. The Morgan fingerprint density at radius 1 is 0.786 bits per heavy atom. The molecule has 0 fully saturated rings. The van der Waals surface area contributed by atoms with Crippen LogP contribution in [0, 0.1) is 0 Å². The number of hydrogen-bond donors (Lipinski definition) is 3. The lowest BCUT2D eigenvalue weighted by Gasteiger charge is -2.23. The standard InChI is InChI=1S/C20H14N2O5S/c21-13-9-10-14(22-11-5-2-1-3-6-11)18-17(13)20(24)16-12(19(18)23)7-4-8-15(16)28(25,26)27/h1-10,22H,21H2,(H,25,26,27). The Morgan fingerprint density at radius 3 is 2.18 bits per heavy atom. The van der Waals surface area contributed by atoms with Crippen LogP contribution in [0.2, 0.25) is 0 Å². The number of ketones is 2. The Balaban J connectivity index is 1.97. The molecule has 4 N–H and O–H groups in total. The van der Waals surface area contributed by atoms with Gasteiger partial charge in [-0.1, -0.05) is 30.3 Å². The molecule has 0 unspecified atom stereocenters. The van der Waals surface area contributed by atoms with Crippen molar-refractivity contribution in [3.63, 3.8) is 0 Å². The number of carbonyl (C=O) groups excluding carboxylic acids is 2. The first kappa shape index (κ1) is 17.9. The fourth-order valence-corrected chi connectivity index (χ4v) is 4.02. The Kier molecular flexibility index (Phi) is 4.02. The minimum atomic E-state index is -4.70. The van der Waals surface area contributed by atoms with E-state index in [1.54, 1.807) is 18.2 Å². The van der Waals surface area contributed by atoms with Crippen molar-refractivity contribution in [3.05, 3.63) is 82.9 Å². The molecule has 0 bridgehead atoms. The van der Waals surface area contributed by atoms with E-state index in [2.05, 4.69) is 5.32 Å². The van der Waals surface area contributed by atoms with Crippen molar-refractivity contribution in [3.8, 4) is 0 Å². The molecule has 0 atom stereocenters. The highest BCUT2D eigenvalue weighted by Crippen LogP contribution is 2.38. The highest BCUT2D eigenvalue weighted by atomic mass is 32.2. The third-order valence-corrected chi connectivity index (χ3v) is 5.42. The number of anilines is 3. The number of carbonyl (C=O) groups is 2. The molecule has 0 amide bonds. The number of para-hydroxylation sites is 1. The van der Waals surface area contributed by atoms with E-state index in [1.165, 1.54) is 18.2 Å². The number of fused-ring (bicyclic) bond motifs is 2. The Morgan fingerprint density at radius 2 is 1.50 bits per heavy atom. The molecule has 0 saturated carbocycles. The number of nitrogens with two attached hydrogens (primary N) is 1. The molecule has 0 spiro atoms. The highest BCUT2D eigenvalue weighted by molar-refractivity contribution is 7.86. The third kappa shape index (κ3) is 2.75. The van der Waals surface area contributed by atoms with Gasteiger partial charge in [-0.15, -0.1) is 0 Å². The summed E-state index contributed by atoms with van der Waals surface area (Å²) in [5.74, 6) is -1.28. The smallest absolute Gasteiger partial charge is 0.295 e. The van der Waals surface area contributed by atoms with Crippen LogP contribution >= 0.6 is 0 Å². The molecular weight excluding hydrogens is 380 g/mol. The number of benzene rings is 3. The summed E-state index contributed by atoms with van der Waals surface area (Å²) in [6.07, 6.45) is 0. The Bertz CT molecular complexity index is 1250. The second kappa shape index (κ2) is 6.29. The number of nitrogens with one attached hydrogen (secondary N) is 1. The van der Waals surface area contributed by atoms with E-state index >= 15 is 0 Å². The van der Waals surface area contributed by atoms with Crippen LogP contribution in [0.25, 0.3) is 0 Å². The largest absolute Gasteiger partial charge is 0.398 e. The topological polar surface area (TPSA) is 127 Å². The van der Waals surface area contributed by atoms with Gasteiger partial charge in [-0.3, -0.25) is 14.1 Å². The molecule has 8 heteroatoms. The van der Waals surface area contributed by atoms with Crippen LogP contribution in [0.15, 0.2) is 65.6 Å². The van der Waals surface area contributed by atoms with Crippen LogP contribution in [0.4, 0.5) is 17.1 Å². The molecule has 1 aliphatic rings. The van der Waals surface area contributed by atoms with Crippen LogP contribution in [-0.2, 0) is 10.1 Å². The molecule has 0 aromatic heterocycles. The quantitative estimate of drug-likeness (QED) is 0.360. The predicted molar refractivity (Wildman–Crippen MR) is 104 cm³/mol. The molecule has 0 aliphatic heterocycles. The van der Waals surface area contributed by atoms with Crippen LogP contribution in [0.5, 0.6) is 0 Å². The first-order chi connectivity index (χ1) is 13.3. The molecule has 7 nitrogen and oxygen atoms in total. The van der Waals surface area contributed by atoms with Crippen molar-refractivity contribution in [2.45, 2.75) is 4.90 Å². The van der Waals surface area contributed by atoms with Crippen molar-refractivity contribution in [2.75, 3.05) is 11.1 Å². The van der Waals surface area contributed by atoms with E-state index in [4.69, 9.17) is 5.73 Å². The van der Waals surface area contributed by atoms with Crippen molar-refractivity contribution < 1.29 is 22.6 Å². The average molecular weight is 394 g/mol. The molecule has 3 aromatic rings. The second-order valence-electron chi connectivity index (χ2n) is 6.26. The zero-order valence-corrected chi connectivity index (χ0v) is 15.2. The van der Waals surface area contributed by atoms with E-state index in [9.17, 15) is 22.6 Å². The van der Waals surface area contributed by atoms with Crippen LogP contribution in [-0.4, -0.2) is 24.5 Å². The highest BCUT2D eigenvalue weighted by Gasteiger charge is 2.37. The summed E-state index contributed by atoms with van der Waals surface area (Å²) in [6.45, 7) is 0. The Labute approximate surface area is 160 Å². The zero-order chi connectivity index (χ0) is 20.1. The number of nitrogen functional groups attached to an aromatic ring is 1. The van der Waals surface area contributed by atoms with E-state index < -0.39 is 26.6 Å². The van der Waals surface area contributed by atoms with Gasteiger partial charge < -0.3 is 11.1 Å². The van der Waals surface area contributed by atoms with Gasteiger partial charge in [-0.2, -0.15) is 8.42 Å². The summed E-state index contributed by atoms with van der Waals surface area (Å²) < 4.78 is 32.9. The molecule has 0 saturated heterocycles. The zero-order valence-electron chi connectivity index (χ0n) is 14.3. The van der Waals surface area contributed by atoms with Crippen LogP contribution in [0.3, 0.4) is 0 Å². The van der Waals surface area contributed by atoms with Crippen molar-refractivity contribution >= 4 is 38.7 Å². The van der Waals surface area contributed by atoms with Gasteiger partial charge in [-0.25, -0.2) is 0 Å². The van der Waals surface area contributed by atoms with Crippen molar-refractivity contribution in [1.82, 2.24) is 0 Å². The fraction of sp³-hybridized carbons (Fsp3) is 0. The maximum Gasteiger partial charge on any atom is 0.295 e. The molecule has 4 rings (SSSR count). The van der Waals surface area contributed by atoms with Gasteiger partial charge in [0.15, 0.2) is 11.6 Å². The lowest BCUT2D eigenvalue weighted by atomic mass is 9.82. The summed E-state index contributed by atoms with van der Waals surface area (Å²) in [6, 6.07) is 15.8. The van der Waals surface area contributed by atoms with Gasteiger partial charge in [0, 0.05) is 16.9 Å². The third-order valence-electron chi connectivity index (χ3n) is 4.52. The fourth-order valence-electron chi connectivity index (χ4n) is 3.31. The molecule has 0 heterocycles. The van der Waals surface area contributed by atoms with Gasteiger partial charge in [0.25, 0.3) is 10.1 Å². The molecule has 0 radical (unpaired) electrons. The minimum absolute atomic E-state index is 0.0442. The predicted octanol–water partition coefficient (Wildman–Crippen LogP) is 3.03. The van der Waals surface area contributed by atoms with Crippen LogP contribution in [0.1, 0.15) is 31.8 Å². The van der Waals surface area contributed by atoms with Gasteiger partial charge in [0.05, 0.1) is 22.4 Å². The molecular formula is C20H14N2O5S. The first-order valence-electron chi connectivity index (χ1n) is 8.23. The monoisotopic (exact) mass is 394 g/mol. The normalized spacial score (nSPS) is 13.0. The molecule has 3 aromatic carbocycles. The summed E-state index contributed by atoms with van der Waals surface area (Å²) in [4.78, 5) is 25.7. The lowest BCUT2D eigenvalue weighted by molar-refractivity contribution is 0.0977. The number of hydrogen-bond acceptors (Lipinski definition) is 6. The summed E-state index contributed by atoms with van der Waals surface area (Å²) in [5.41, 5.74) is 6.58. The minimum Gasteiger partial charge on any atom is -0.398 e. The summed E-state index contributed by atoms with van der Waals surface area (Å²) in [7, 11) is -4.70. The van der Waals surface area contributed by atoms with Gasteiger partial charge in [0.2, 0.25) is 0 Å². The van der Waals surface area contributed by atoms with Crippen LogP contribution < -0.4 is 11.1 Å². The Hall–Kier alpha value is -3.49. The van der Waals surface area contributed by atoms with Crippen molar-refractivity contribution in [1.29, 1.82) is 0 Å². The molecule has 28 heavy (non-hydrogen) atoms. The number of rotatable bonds is 3. The van der Waals surface area contributed by atoms with E-state index in [1.807, 2.05) is 18.2 Å².